The van der Waals surface area contributed by atoms with E-state index >= 15 is 0 Å². The fourth-order valence-electron chi connectivity index (χ4n) is 9.02. The summed E-state index contributed by atoms with van der Waals surface area (Å²) in [5.41, 5.74) is 13.2. The molecule has 3 nitrogen and oxygen atoms in total. The SMILES string of the molecule is c1ccc(-n2c3ccccc3c3c2ccc2c4c(c5ccccc5n4-c4cccc(-c5cccc6c5sc5ccccc56)c4)n(-c4ccccc4)c23)cc1. The lowest BCUT2D eigenvalue weighted by atomic mass is 10.0. The zero-order valence-corrected chi connectivity index (χ0v) is 30.0. The molecule has 4 aromatic heterocycles. The Morgan fingerprint density at radius 2 is 0.926 bits per heavy atom. The standard InChI is InChI=1S/C50H31N3S/c1-3-16-33(17-4-1)51-42-26-10-7-22-39(42)46-44(51)30-29-41-47(46)53(34-18-5-2-6-19-34)48-40-23-8-11-27-43(40)52(49(41)48)35-20-13-15-32(31-35)36-24-14-25-38-37-21-9-12-28-45(37)54-50(36)38/h1-31H. The largest absolute Gasteiger partial charge is 0.309 e. The lowest BCUT2D eigenvalue weighted by Crippen LogP contribution is -1.95. The van der Waals surface area contributed by atoms with Gasteiger partial charge in [0, 0.05) is 58.8 Å². The minimum Gasteiger partial charge on any atom is -0.309 e. The van der Waals surface area contributed by atoms with Gasteiger partial charge in [-0.3, -0.25) is 0 Å². The van der Waals surface area contributed by atoms with Gasteiger partial charge >= 0.3 is 0 Å². The maximum Gasteiger partial charge on any atom is 0.0804 e. The fourth-order valence-corrected chi connectivity index (χ4v) is 10.3. The summed E-state index contributed by atoms with van der Waals surface area (Å²) in [7, 11) is 0. The molecule has 0 bridgehead atoms. The van der Waals surface area contributed by atoms with Gasteiger partial charge in [0.05, 0.1) is 33.1 Å². The summed E-state index contributed by atoms with van der Waals surface area (Å²) in [6, 6.07) is 68.7. The quantitative estimate of drug-likeness (QED) is 0.173. The summed E-state index contributed by atoms with van der Waals surface area (Å²) in [6.45, 7) is 0. The van der Waals surface area contributed by atoms with Gasteiger partial charge in [0.2, 0.25) is 0 Å². The van der Waals surface area contributed by atoms with E-state index in [9.17, 15) is 0 Å². The van der Waals surface area contributed by atoms with Crippen LogP contribution in [0.5, 0.6) is 0 Å². The highest BCUT2D eigenvalue weighted by Crippen LogP contribution is 2.46. The Kier molecular flexibility index (Phi) is 6.21. The van der Waals surface area contributed by atoms with E-state index in [1.54, 1.807) is 0 Å². The third-order valence-electron chi connectivity index (χ3n) is 11.2. The highest BCUT2D eigenvalue weighted by molar-refractivity contribution is 7.26. The molecule has 0 unspecified atom stereocenters. The monoisotopic (exact) mass is 705 g/mol. The van der Waals surface area contributed by atoms with Crippen LogP contribution in [0.25, 0.3) is 103 Å². The van der Waals surface area contributed by atoms with Crippen LogP contribution in [0.4, 0.5) is 0 Å². The average Bonchev–Trinajstić information content (AvgIpc) is 3.97. The molecule has 0 aliphatic heterocycles. The van der Waals surface area contributed by atoms with Crippen LogP contribution in [-0.2, 0) is 0 Å². The van der Waals surface area contributed by atoms with Crippen molar-refractivity contribution in [3.63, 3.8) is 0 Å². The van der Waals surface area contributed by atoms with Crippen molar-refractivity contribution in [2.24, 2.45) is 0 Å². The van der Waals surface area contributed by atoms with Gasteiger partial charge in [-0.25, -0.2) is 0 Å². The van der Waals surface area contributed by atoms with E-state index in [2.05, 4.69) is 202 Å². The van der Waals surface area contributed by atoms with Gasteiger partial charge in [-0.1, -0.05) is 121 Å². The normalized spacial score (nSPS) is 12.1. The molecule has 0 saturated heterocycles. The van der Waals surface area contributed by atoms with E-state index < -0.39 is 0 Å². The predicted molar refractivity (Wildman–Crippen MR) is 230 cm³/mol. The van der Waals surface area contributed by atoms with E-state index in [0.717, 1.165) is 17.1 Å². The van der Waals surface area contributed by atoms with Crippen LogP contribution in [0.2, 0.25) is 0 Å². The third-order valence-corrected chi connectivity index (χ3v) is 12.4. The predicted octanol–water partition coefficient (Wildman–Crippen LogP) is 13.9. The Hall–Kier alpha value is -6.88. The summed E-state index contributed by atoms with van der Waals surface area (Å²) in [6.07, 6.45) is 0. The third kappa shape index (κ3) is 4.06. The van der Waals surface area contributed by atoms with Crippen molar-refractivity contribution in [1.29, 1.82) is 0 Å². The van der Waals surface area contributed by atoms with Crippen molar-refractivity contribution in [3.05, 3.63) is 188 Å². The molecule has 0 fully saturated rings. The number of hydrogen-bond acceptors (Lipinski definition) is 1. The van der Waals surface area contributed by atoms with Crippen molar-refractivity contribution in [1.82, 2.24) is 13.7 Å². The number of hydrogen-bond donors (Lipinski definition) is 0. The molecule has 8 aromatic carbocycles. The van der Waals surface area contributed by atoms with Crippen molar-refractivity contribution in [2.45, 2.75) is 0 Å². The number of rotatable bonds is 4. The Morgan fingerprint density at radius 1 is 0.333 bits per heavy atom. The molecular weight excluding hydrogens is 675 g/mol. The summed E-state index contributed by atoms with van der Waals surface area (Å²) < 4.78 is 10.1. The van der Waals surface area contributed by atoms with E-state index in [1.165, 1.54) is 85.9 Å². The Morgan fingerprint density at radius 3 is 1.72 bits per heavy atom. The van der Waals surface area contributed by atoms with Crippen LogP contribution < -0.4 is 0 Å². The molecule has 54 heavy (non-hydrogen) atoms. The first kappa shape index (κ1) is 29.7. The van der Waals surface area contributed by atoms with Crippen LogP contribution >= 0.6 is 11.3 Å². The smallest absolute Gasteiger partial charge is 0.0804 e. The Balaban J connectivity index is 1.22. The molecule has 12 rings (SSSR count). The molecule has 0 spiro atoms. The zero-order chi connectivity index (χ0) is 35.3. The molecule has 0 amide bonds. The summed E-state index contributed by atoms with van der Waals surface area (Å²) in [4.78, 5) is 0. The second kappa shape index (κ2) is 11.3. The highest BCUT2D eigenvalue weighted by atomic mass is 32.1. The average molecular weight is 706 g/mol. The first-order valence-electron chi connectivity index (χ1n) is 18.5. The van der Waals surface area contributed by atoms with Gasteiger partial charge in [-0.2, -0.15) is 0 Å². The Labute approximate surface area is 314 Å². The van der Waals surface area contributed by atoms with E-state index in [1.807, 2.05) is 11.3 Å². The summed E-state index contributed by atoms with van der Waals surface area (Å²) >= 11 is 1.88. The van der Waals surface area contributed by atoms with Crippen molar-refractivity contribution in [3.8, 4) is 28.2 Å². The maximum atomic E-state index is 2.52. The number of aromatic nitrogens is 3. The lowest BCUT2D eigenvalue weighted by Gasteiger charge is -2.12. The number of thiophene rings is 1. The van der Waals surface area contributed by atoms with Crippen LogP contribution in [0.15, 0.2) is 188 Å². The van der Waals surface area contributed by atoms with Gasteiger partial charge in [-0.05, 0) is 77.9 Å². The van der Waals surface area contributed by atoms with Gasteiger partial charge in [0.15, 0.2) is 0 Å². The second-order valence-electron chi connectivity index (χ2n) is 14.1. The highest BCUT2D eigenvalue weighted by Gasteiger charge is 2.26. The molecule has 0 N–H and O–H groups in total. The first-order valence-corrected chi connectivity index (χ1v) is 19.3. The van der Waals surface area contributed by atoms with Gasteiger partial charge in [0.25, 0.3) is 0 Å². The molecule has 0 aliphatic rings. The number of nitrogens with zero attached hydrogens (tertiary/aromatic N) is 3. The minimum absolute atomic E-state index is 1.15. The second-order valence-corrected chi connectivity index (χ2v) is 15.1. The molecule has 0 radical (unpaired) electrons. The lowest BCUT2D eigenvalue weighted by molar-refractivity contribution is 1.17. The molecular formula is C50H31N3S. The summed E-state index contributed by atoms with van der Waals surface area (Å²) in [5.74, 6) is 0. The molecule has 252 valence electrons. The van der Waals surface area contributed by atoms with Crippen LogP contribution in [0, 0.1) is 0 Å². The van der Waals surface area contributed by atoms with Crippen molar-refractivity contribution < 1.29 is 0 Å². The van der Waals surface area contributed by atoms with E-state index in [-0.39, 0.29) is 0 Å². The molecule has 12 aromatic rings. The minimum atomic E-state index is 1.15. The van der Waals surface area contributed by atoms with Gasteiger partial charge in [0.1, 0.15) is 0 Å². The first-order chi connectivity index (χ1) is 26.8. The molecule has 4 heteroatoms. The van der Waals surface area contributed by atoms with Crippen LogP contribution in [-0.4, -0.2) is 13.7 Å². The molecule has 0 aliphatic carbocycles. The topological polar surface area (TPSA) is 14.8 Å². The van der Waals surface area contributed by atoms with E-state index in [4.69, 9.17) is 0 Å². The van der Waals surface area contributed by atoms with Crippen molar-refractivity contribution in [2.75, 3.05) is 0 Å². The van der Waals surface area contributed by atoms with Gasteiger partial charge < -0.3 is 13.7 Å². The number of fused-ring (bicyclic) bond motifs is 12. The maximum absolute atomic E-state index is 2.52. The fraction of sp³-hybridized carbons (Fsp3) is 0. The van der Waals surface area contributed by atoms with E-state index in [0.29, 0.717) is 0 Å². The number of para-hydroxylation sites is 4. The molecule has 4 heterocycles. The van der Waals surface area contributed by atoms with Crippen molar-refractivity contribution >= 4 is 86.2 Å². The number of benzene rings is 8. The van der Waals surface area contributed by atoms with Crippen LogP contribution in [0.3, 0.4) is 0 Å². The zero-order valence-electron chi connectivity index (χ0n) is 29.1. The Bertz CT molecular complexity index is 3430. The van der Waals surface area contributed by atoms with Crippen LogP contribution in [0.1, 0.15) is 0 Å². The van der Waals surface area contributed by atoms with Gasteiger partial charge in [-0.15, -0.1) is 11.3 Å². The molecule has 0 atom stereocenters. The molecule has 0 saturated carbocycles. The summed E-state index contributed by atoms with van der Waals surface area (Å²) in [5, 5.41) is 7.59.